The van der Waals surface area contributed by atoms with E-state index in [9.17, 15) is 9.59 Å². The molecule has 0 aromatic heterocycles. The minimum absolute atomic E-state index is 0.0453. The van der Waals surface area contributed by atoms with Gasteiger partial charge in [-0.1, -0.05) is 26.8 Å². The van der Waals surface area contributed by atoms with Gasteiger partial charge in [-0.05, 0) is 19.3 Å². The van der Waals surface area contributed by atoms with E-state index >= 15 is 0 Å². The van der Waals surface area contributed by atoms with Crippen LogP contribution < -0.4 is 5.32 Å². The Kier molecular flexibility index (Phi) is 8.70. The molecule has 0 aliphatic heterocycles. The normalized spacial score (nSPS) is 11.5. The van der Waals surface area contributed by atoms with E-state index in [-0.39, 0.29) is 13.2 Å². The van der Waals surface area contributed by atoms with Gasteiger partial charge >= 0.3 is 12.1 Å². The van der Waals surface area contributed by atoms with Crippen molar-refractivity contribution in [2.45, 2.75) is 33.6 Å². The van der Waals surface area contributed by atoms with Gasteiger partial charge in [-0.3, -0.25) is 0 Å². The summed E-state index contributed by atoms with van der Waals surface area (Å²) in [5.74, 6) is -0.0423. The minimum Gasteiger partial charge on any atom is -0.459 e. The van der Waals surface area contributed by atoms with Crippen molar-refractivity contribution in [3.63, 3.8) is 0 Å². The van der Waals surface area contributed by atoms with Gasteiger partial charge in [0.2, 0.25) is 0 Å². The van der Waals surface area contributed by atoms with Crippen molar-refractivity contribution in [3.05, 3.63) is 12.2 Å². The predicted octanol–water partition coefficient (Wildman–Crippen LogP) is 2.27. The smallest absolute Gasteiger partial charge is 0.407 e. The quantitative estimate of drug-likeness (QED) is 0.411. The lowest BCUT2D eigenvalue weighted by molar-refractivity contribution is -0.139. The first-order valence-electron chi connectivity index (χ1n) is 6.20. The van der Waals surface area contributed by atoms with Gasteiger partial charge in [0, 0.05) is 12.1 Å². The van der Waals surface area contributed by atoms with E-state index in [1.54, 1.807) is 6.92 Å². The highest BCUT2D eigenvalue weighted by atomic mass is 16.6. The fourth-order valence-corrected chi connectivity index (χ4v) is 1.30. The Morgan fingerprint density at radius 1 is 1.28 bits per heavy atom. The van der Waals surface area contributed by atoms with Crippen molar-refractivity contribution in [1.82, 2.24) is 5.32 Å². The van der Waals surface area contributed by atoms with Crippen molar-refractivity contribution in [2.75, 3.05) is 19.8 Å². The summed E-state index contributed by atoms with van der Waals surface area (Å²) in [5, 5.41) is 2.66. The Bertz CT molecular complexity index is 289. The summed E-state index contributed by atoms with van der Waals surface area (Å²) in [6.07, 6.45) is 1.68. The van der Waals surface area contributed by atoms with Gasteiger partial charge in [0.15, 0.2) is 0 Å². The lowest BCUT2D eigenvalue weighted by Gasteiger charge is -2.11. The molecule has 0 saturated carbocycles. The number of hydrogen-bond acceptors (Lipinski definition) is 4. The van der Waals surface area contributed by atoms with Gasteiger partial charge < -0.3 is 14.8 Å². The number of rotatable bonds is 8. The van der Waals surface area contributed by atoms with Crippen LogP contribution in [-0.4, -0.2) is 31.8 Å². The zero-order valence-electron chi connectivity index (χ0n) is 11.5. The monoisotopic (exact) mass is 257 g/mol. The maximum atomic E-state index is 11.2. The highest BCUT2D eigenvalue weighted by molar-refractivity contribution is 5.86. The number of amides is 1. The number of carbonyl (C=O) groups is 2. The SMILES string of the molecule is C=C(C)C(=O)OCCOC(=O)NCC(C)CCC. The molecule has 5 nitrogen and oxygen atoms in total. The summed E-state index contributed by atoms with van der Waals surface area (Å²) < 4.78 is 9.62. The molecule has 5 heteroatoms. The molecule has 0 radical (unpaired) electrons. The molecule has 18 heavy (non-hydrogen) atoms. The van der Waals surface area contributed by atoms with Crippen LogP contribution in [0.15, 0.2) is 12.2 Å². The van der Waals surface area contributed by atoms with E-state index in [0.29, 0.717) is 18.0 Å². The first kappa shape index (κ1) is 16.5. The zero-order valence-corrected chi connectivity index (χ0v) is 11.5. The van der Waals surface area contributed by atoms with Gasteiger partial charge in [0.25, 0.3) is 0 Å². The summed E-state index contributed by atoms with van der Waals surface area (Å²) in [7, 11) is 0. The van der Waals surface area contributed by atoms with Crippen LogP contribution in [0.5, 0.6) is 0 Å². The van der Waals surface area contributed by atoms with Crippen LogP contribution in [0.2, 0.25) is 0 Å². The molecule has 0 heterocycles. The predicted molar refractivity (Wildman–Crippen MR) is 69.2 cm³/mol. The van der Waals surface area contributed by atoms with E-state index in [4.69, 9.17) is 9.47 Å². The minimum atomic E-state index is -0.482. The lowest BCUT2D eigenvalue weighted by atomic mass is 10.1. The highest BCUT2D eigenvalue weighted by Gasteiger charge is 2.06. The van der Waals surface area contributed by atoms with Crippen LogP contribution >= 0.6 is 0 Å². The molecule has 0 fully saturated rings. The number of esters is 1. The van der Waals surface area contributed by atoms with Gasteiger partial charge in [0.05, 0.1) is 0 Å². The maximum Gasteiger partial charge on any atom is 0.407 e. The number of alkyl carbamates (subject to hydrolysis) is 1. The average molecular weight is 257 g/mol. The van der Waals surface area contributed by atoms with E-state index < -0.39 is 12.1 Å². The molecule has 0 aliphatic rings. The molecule has 104 valence electrons. The van der Waals surface area contributed by atoms with Crippen LogP contribution in [0, 0.1) is 5.92 Å². The van der Waals surface area contributed by atoms with Crippen LogP contribution in [-0.2, 0) is 14.3 Å². The standard InChI is InChI=1S/C13H23NO4/c1-5-6-11(4)9-14-13(16)18-8-7-17-12(15)10(2)3/h11H,2,5-9H2,1,3-4H3,(H,14,16). The van der Waals surface area contributed by atoms with Crippen LogP contribution in [0.25, 0.3) is 0 Å². The second-order valence-electron chi connectivity index (χ2n) is 4.33. The molecule has 1 amide bonds. The molecule has 0 aromatic rings. The van der Waals surface area contributed by atoms with Gasteiger partial charge in [-0.2, -0.15) is 0 Å². The van der Waals surface area contributed by atoms with Crippen molar-refractivity contribution in [2.24, 2.45) is 5.92 Å². The summed E-state index contributed by atoms with van der Waals surface area (Å²) in [6.45, 7) is 9.86. The summed E-state index contributed by atoms with van der Waals surface area (Å²) >= 11 is 0. The number of hydrogen-bond donors (Lipinski definition) is 1. The van der Waals surface area contributed by atoms with Crippen LogP contribution in [0.1, 0.15) is 33.6 Å². The number of carbonyl (C=O) groups excluding carboxylic acids is 2. The van der Waals surface area contributed by atoms with Gasteiger partial charge in [-0.25, -0.2) is 9.59 Å². The maximum absolute atomic E-state index is 11.2. The van der Waals surface area contributed by atoms with Gasteiger partial charge in [0.1, 0.15) is 13.2 Å². The first-order chi connectivity index (χ1) is 8.47. The molecule has 1 unspecified atom stereocenters. The van der Waals surface area contributed by atoms with Crippen molar-refractivity contribution in [3.8, 4) is 0 Å². The topological polar surface area (TPSA) is 64.6 Å². The van der Waals surface area contributed by atoms with Crippen LogP contribution in [0.4, 0.5) is 4.79 Å². The average Bonchev–Trinajstić information content (AvgIpc) is 2.32. The zero-order chi connectivity index (χ0) is 14.0. The third-order valence-corrected chi connectivity index (χ3v) is 2.27. The number of nitrogens with one attached hydrogen (secondary N) is 1. The molecular weight excluding hydrogens is 234 g/mol. The Morgan fingerprint density at radius 2 is 1.89 bits per heavy atom. The Morgan fingerprint density at radius 3 is 2.44 bits per heavy atom. The van der Waals surface area contributed by atoms with E-state index in [1.807, 2.05) is 0 Å². The van der Waals surface area contributed by atoms with E-state index in [0.717, 1.165) is 12.8 Å². The second-order valence-corrected chi connectivity index (χ2v) is 4.33. The molecule has 0 aliphatic carbocycles. The number of ether oxygens (including phenoxy) is 2. The van der Waals surface area contributed by atoms with Gasteiger partial charge in [-0.15, -0.1) is 0 Å². The summed E-state index contributed by atoms with van der Waals surface area (Å²) in [6, 6.07) is 0. The molecule has 1 atom stereocenters. The fourth-order valence-electron chi connectivity index (χ4n) is 1.30. The second kappa shape index (κ2) is 9.50. The fraction of sp³-hybridized carbons (Fsp3) is 0.692. The van der Waals surface area contributed by atoms with E-state index in [2.05, 4.69) is 25.7 Å². The van der Waals surface area contributed by atoms with E-state index in [1.165, 1.54) is 0 Å². The largest absolute Gasteiger partial charge is 0.459 e. The molecule has 0 rings (SSSR count). The molecule has 0 saturated heterocycles. The van der Waals surface area contributed by atoms with Crippen molar-refractivity contribution >= 4 is 12.1 Å². The molecule has 0 bridgehead atoms. The Balaban J connectivity index is 3.54. The molecule has 0 aromatic carbocycles. The third kappa shape index (κ3) is 8.61. The Labute approximate surface area is 109 Å². The van der Waals surface area contributed by atoms with Crippen LogP contribution in [0.3, 0.4) is 0 Å². The lowest BCUT2D eigenvalue weighted by Crippen LogP contribution is -2.30. The summed E-state index contributed by atoms with van der Waals surface area (Å²) in [4.78, 5) is 22.2. The first-order valence-corrected chi connectivity index (χ1v) is 6.20. The third-order valence-electron chi connectivity index (χ3n) is 2.27. The summed E-state index contributed by atoms with van der Waals surface area (Å²) in [5.41, 5.74) is 0.327. The molecular formula is C13H23NO4. The highest BCUT2D eigenvalue weighted by Crippen LogP contribution is 2.02. The molecule has 1 N–H and O–H groups in total. The van der Waals surface area contributed by atoms with Crippen molar-refractivity contribution < 1.29 is 19.1 Å². The Hall–Kier alpha value is -1.52. The van der Waals surface area contributed by atoms with Crippen molar-refractivity contribution in [1.29, 1.82) is 0 Å². The molecule has 0 spiro atoms.